The van der Waals surface area contributed by atoms with Crippen LogP contribution in [-0.2, 0) is 11.3 Å². The first-order chi connectivity index (χ1) is 18.1. The number of methoxy groups -OCH3 is 1. The third-order valence-corrected chi connectivity index (χ3v) is 7.14. The van der Waals surface area contributed by atoms with Gasteiger partial charge < -0.3 is 14.4 Å². The standard InChI is InChI=1S/C32H34N2O3/c1-24-13-15-25(16-14-24)23-37-31(27-9-5-10-28(21-27)36-2)22-33-17-19-34(20-18-33)32(35)30-12-6-8-26-7-3-4-11-29(26)30/h3-16,21,31H,17-20,22-23H2,1-2H3/t31-/m0/s1. The van der Waals surface area contributed by atoms with Gasteiger partial charge in [-0.15, -0.1) is 0 Å². The number of fused-ring (bicyclic) bond motifs is 1. The Bertz CT molecular complexity index is 1340. The Morgan fingerprint density at radius 3 is 2.38 bits per heavy atom. The smallest absolute Gasteiger partial charge is 0.254 e. The summed E-state index contributed by atoms with van der Waals surface area (Å²) in [6.45, 7) is 6.41. The molecule has 1 saturated heterocycles. The molecular formula is C32H34N2O3. The highest BCUT2D eigenvalue weighted by Gasteiger charge is 2.26. The highest BCUT2D eigenvalue weighted by Crippen LogP contribution is 2.26. The van der Waals surface area contributed by atoms with Crippen molar-refractivity contribution in [3.63, 3.8) is 0 Å². The Hall–Kier alpha value is -3.67. The van der Waals surface area contributed by atoms with Gasteiger partial charge in [-0.25, -0.2) is 0 Å². The lowest BCUT2D eigenvalue weighted by atomic mass is 10.0. The van der Waals surface area contributed by atoms with E-state index in [1.54, 1.807) is 7.11 Å². The van der Waals surface area contributed by atoms with E-state index in [-0.39, 0.29) is 12.0 Å². The molecule has 1 fully saturated rings. The lowest BCUT2D eigenvalue weighted by Crippen LogP contribution is -2.49. The van der Waals surface area contributed by atoms with E-state index in [9.17, 15) is 4.79 Å². The van der Waals surface area contributed by atoms with E-state index in [0.29, 0.717) is 19.7 Å². The van der Waals surface area contributed by atoms with Crippen LogP contribution in [0.4, 0.5) is 0 Å². The lowest BCUT2D eigenvalue weighted by Gasteiger charge is -2.36. The highest BCUT2D eigenvalue weighted by atomic mass is 16.5. The molecule has 37 heavy (non-hydrogen) atoms. The Labute approximate surface area is 219 Å². The number of rotatable bonds is 8. The molecule has 5 nitrogen and oxygen atoms in total. The van der Waals surface area contributed by atoms with Crippen LogP contribution in [0.2, 0.25) is 0 Å². The van der Waals surface area contributed by atoms with Crippen LogP contribution >= 0.6 is 0 Å². The van der Waals surface area contributed by atoms with E-state index in [1.165, 1.54) is 5.56 Å². The van der Waals surface area contributed by atoms with Crippen LogP contribution in [0.1, 0.15) is 33.2 Å². The molecule has 1 atom stereocenters. The Balaban J connectivity index is 1.25. The molecule has 0 bridgehead atoms. The summed E-state index contributed by atoms with van der Waals surface area (Å²) < 4.78 is 11.9. The topological polar surface area (TPSA) is 42.0 Å². The summed E-state index contributed by atoms with van der Waals surface area (Å²) in [6.07, 6.45) is -0.100. The number of ether oxygens (including phenoxy) is 2. The van der Waals surface area contributed by atoms with Crippen LogP contribution in [0.15, 0.2) is 91.0 Å². The molecule has 4 aromatic carbocycles. The minimum atomic E-state index is -0.100. The minimum absolute atomic E-state index is 0.100. The van der Waals surface area contributed by atoms with Crippen molar-refractivity contribution in [2.24, 2.45) is 0 Å². The highest BCUT2D eigenvalue weighted by molar-refractivity contribution is 6.07. The first kappa shape index (κ1) is 25.0. The van der Waals surface area contributed by atoms with Gasteiger partial charge in [-0.05, 0) is 47.0 Å². The minimum Gasteiger partial charge on any atom is -0.497 e. The van der Waals surface area contributed by atoms with Gasteiger partial charge in [0.25, 0.3) is 5.91 Å². The molecule has 1 aliphatic heterocycles. The summed E-state index contributed by atoms with van der Waals surface area (Å²) in [7, 11) is 1.69. The Kier molecular flexibility index (Phi) is 7.83. The molecule has 0 aliphatic carbocycles. The van der Waals surface area contributed by atoms with E-state index >= 15 is 0 Å². The second-order valence-corrected chi connectivity index (χ2v) is 9.68. The SMILES string of the molecule is COc1cccc([C@H](CN2CCN(C(=O)c3cccc4ccccc34)CC2)OCc2ccc(C)cc2)c1. The maximum atomic E-state index is 13.4. The van der Waals surface area contributed by atoms with E-state index in [0.717, 1.165) is 52.8 Å². The van der Waals surface area contributed by atoms with Gasteiger partial charge in [-0.2, -0.15) is 0 Å². The van der Waals surface area contributed by atoms with Crippen molar-refractivity contribution in [1.82, 2.24) is 9.80 Å². The summed E-state index contributed by atoms with van der Waals surface area (Å²) in [5.74, 6) is 0.934. The summed E-state index contributed by atoms with van der Waals surface area (Å²) in [6, 6.07) is 30.6. The van der Waals surface area contributed by atoms with Gasteiger partial charge >= 0.3 is 0 Å². The van der Waals surface area contributed by atoms with E-state index in [1.807, 2.05) is 47.4 Å². The maximum Gasteiger partial charge on any atom is 0.254 e. The Morgan fingerprint density at radius 1 is 0.865 bits per heavy atom. The molecule has 0 aromatic heterocycles. The molecule has 0 unspecified atom stereocenters. The van der Waals surface area contributed by atoms with Crippen molar-refractivity contribution in [2.45, 2.75) is 19.6 Å². The summed E-state index contributed by atoms with van der Waals surface area (Å²) in [4.78, 5) is 17.8. The van der Waals surface area contributed by atoms with Crippen LogP contribution in [0.25, 0.3) is 10.8 Å². The summed E-state index contributed by atoms with van der Waals surface area (Å²) >= 11 is 0. The molecular weight excluding hydrogens is 460 g/mol. The largest absolute Gasteiger partial charge is 0.497 e. The molecule has 190 valence electrons. The van der Waals surface area contributed by atoms with Crippen LogP contribution in [0.3, 0.4) is 0 Å². The number of carbonyl (C=O) groups excluding carboxylic acids is 1. The number of carbonyl (C=O) groups is 1. The van der Waals surface area contributed by atoms with Crippen molar-refractivity contribution >= 4 is 16.7 Å². The van der Waals surface area contributed by atoms with E-state index in [4.69, 9.17) is 9.47 Å². The maximum absolute atomic E-state index is 13.4. The zero-order chi connectivity index (χ0) is 25.6. The lowest BCUT2D eigenvalue weighted by molar-refractivity contribution is 0.00335. The van der Waals surface area contributed by atoms with Gasteiger partial charge in [0.2, 0.25) is 0 Å². The van der Waals surface area contributed by atoms with Gasteiger partial charge in [0.1, 0.15) is 5.75 Å². The average molecular weight is 495 g/mol. The third-order valence-electron chi connectivity index (χ3n) is 7.14. The van der Waals surface area contributed by atoms with Gasteiger partial charge in [-0.3, -0.25) is 9.69 Å². The fourth-order valence-corrected chi connectivity index (χ4v) is 4.93. The molecule has 5 rings (SSSR count). The normalized spacial score (nSPS) is 15.0. The predicted molar refractivity (Wildman–Crippen MR) is 148 cm³/mol. The third kappa shape index (κ3) is 6.01. The zero-order valence-corrected chi connectivity index (χ0v) is 21.6. The second kappa shape index (κ2) is 11.6. The molecule has 5 heteroatoms. The first-order valence-corrected chi connectivity index (χ1v) is 12.9. The van der Waals surface area contributed by atoms with Crippen molar-refractivity contribution in [3.05, 3.63) is 113 Å². The number of benzene rings is 4. The van der Waals surface area contributed by atoms with Crippen molar-refractivity contribution < 1.29 is 14.3 Å². The number of aryl methyl sites for hydroxylation is 1. The number of hydrogen-bond donors (Lipinski definition) is 0. The molecule has 1 aliphatic rings. The van der Waals surface area contributed by atoms with Crippen LogP contribution in [-0.4, -0.2) is 55.5 Å². The summed E-state index contributed by atoms with van der Waals surface area (Å²) in [5.41, 5.74) is 4.27. The quantitative estimate of drug-likeness (QED) is 0.307. The predicted octanol–water partition coefficient (Wildman–Crippen LogP) is 5.87. The monoisotopic (exact) mass is 494 g/mol. The fourth-order valence-electron chi connectivity index (χ4n) is 4.93. The van der Waals surface area contributed by atoms with Gasteiger partial charge in [-0.1, -0.05) is 78.4 Å². The number of piperazine rings is 1. The van der Waals surface area contributed by atoms with Crippen molar-refractivity contribution in [3.8, 4) is 5.75 Å². The van der Waals surface area contributed by atoms with E-state index < -0.39 is 0 Å². The van der Waals surface area contributed by atoms with Crippen LogP contribution in [0.5, 0.6) is 5.75 Å². The van der Waals surface area contributed by atoms with E-state index in [2.05, 4.69) is 60.4 Å². The van der Waals surface area contributed by atoms with Crippen molar-refractivity contribution in [2.75, 3.05) is 39.8 Å². The number of nitrogens with zero attached hydrogens (tertiary/aromatic N) is 2. The van der Waals surface area contributed by atoms with Crippen LogP contribution < -0.4 is 4.74 Å². The van der Waals surface area contributed by atoms with Gasteiger partial charge in [0.15, 0.2) is 0 Å². The molecule has 0 N–H and O–H groups in total. The van der Waals surface area contributed by atoms with Crippen molar-refractivity contribution in [1.29, 1.82) is 0 Å². The molecule has 0 radical (unpaired) electrons. The number of hydrogen-bond acceptors (Lipinski definition) is 4. The average Bonchev–Trinajstić information content (AvgIpc) is 2.96. The molecule has 1 heterocycles. The molecule has 0 spiro atoms. The van der Waals surface area contributed by atoms with Crippen LogP contribution in [0, 0.1) is 6.92 Å². The van der Waals surface area contributed by atoms with Gasteiger partial charge in [0.05, 0.1) is 19.8 Å². The zero-order valence-electron chi connectivity index (χ0n) is 21.6. The summed E-state index contributed by atoms with van der Waals surface area (Å²) in [5, 5.41) is 2.11. The first-order valence-electron chi connectivity index (χ1n) is 12.9. The molecule has 4 aromatic rings. The fraction of sp³-hybridized carbons (Fsp3) is 0.281. The molecule has 1 amide bonds. The Morgan fingerprint density at radius 2 is 1.59 bits per heavy atom. The number of amides is 1. The second-order valence-electron chi connectivity index (χ2n) is 9.68. The molecule has 0 saturated carbocycles. The van der Waals surface area contributed by atoms with Gasteiger partial charge in [0, 0.05) is 38.3 Å².